The fourth-order valence-electron chi connectivity index (χ4n) is 4.71. The Bertz CT molecular complexity index is 272. The van der Waals surface area contributed by atoms with Crippen molar-refractivity contribution in [1.29, 1.82) is 0 Å². The topological polar surface area (TPSA) is 12.0 Å². The Balaban J connectivity index is 1.93. The van der Waals surface area contributed by atoms with E-state index < -0.39 is 0 Å². The van der Waals surface area contributed by atoms with Crippen LogP contribution in [-0.2, 0) is 0 Å². The summed E-state index contributed by atoms with van der Waals surface area (Å²) in [5.74, 6) is 3.03. The molecule has 0 heterocycles. The average Bonchev–Trinajstić information content (AvgIpc) is 2.43. The number of hydrogen-bond acceptors (Lipinski definition) is 1. The standard InChI is InChI=1S/C13H21NS/c1-14-12(15)13-3-2-9-4-10(7-13)6-11(5-9)8-13/h9-11H,2-8H2,1H3,(H,14,15). The summed E-state index contributed by atoms with van der Waals surface area (Å²) in [6.07, 6.45) is 10.1. The van der Waals surface area contributed by atoms with Crippen molar-refractivity contribution in [3.05, 3.63) is 0 Å². The summed E-state index contributed by atoms with van der Waals surface area (Å²) in [6.45, 7) is 0. The molecule has 4 aliphatic rings. The first-order chi connectivity index (χ1) is 7.22. The van der Waals surface area contributed by atoms with Gasteiger partial charge in [0, 0.05) is 12.5 Å². The van der Waals surface area contributed by atoms with Crippen LogP contribution < -0.4 is 5.32 Å². The van der Waals surface area contributed by atoms with Crippen molar-refractivity contribution < 1.29 is 0 Å². The van der Waals surface area contributed by atoms with Gasteiger partial charge in [-0.15, -0.1) is 0 Å². The summed E-state index contributed by atoms with van der Waals surface area (Å²) in [4.78, 5) is 1.17. The molecule has 15 heavy (non-hydrogen) atoms. The van der Waals surface area contributed by atoms with Gasteiger partial charge in [0.25, 0.3) is 0 Å². The summed E-state index contributed by atoms with van der Waals surface area (Å²) in [5.41, 5.74) is 0.406. The fourth-order valence-corrected chi connectivity index (χ4v) is 4.98. The fraction of sp³-hybridized carbons (Fsp3) is 0.923. The van der Waals surface area contributed by atoms with E-state index in [1.807, 2.05) is 7.05 Å². The molecule has 4 bridgehead atoms. The SMILES string of the molecule is CNC(=S)C12CCC3CC(CC(C3)C1)C2. The lowest BCUT2D eigenvalue weighted by atomic mass is 9.61. The van der Waals surface area contributed by atoms with Crippen LogP contribution in [0.15, 0.2) is 0 Å². The molecule has 4 saturated carbocycles. The minimum Gasteiger partial charge on any atom is -0.382 e. The molecule has 2 unspecified atom stereocenters. The van der Waals surface area contributed by atoms with Crippen molar-refractivity contribution in [2.24, 2.45) is 23.2 Å². The minimum atomic E-state index is 0.406. The molecule has 1 nitrogen and oxygen atoms in total. The van der Waals surface area contributed by atoms with Crippen LogP contribution in [0.1, 0.15) is 44.9 Å². The Hall–Kier alpha value is -0.110. The number of thiocarbonyl (C=S) groups is 1. The largest absolute Gasteiger partial charge is 0.382 e. The number of fused-ring (bicyclic) bond motifs is 1. The van der Waals surface area contributed by atoms with E-state index in [-0.39, 0.29) is 0 Å². The van der Waals surface area contributed by atoms with E-state index in [1.54, 1.807) is 0 Å². The van der Waals surface area contributed by atoms with E-state index in [1.165, 1.54) is 49.9 Å². The average molecular weight is 223 g/mol. The van der Waals surface area contributed by atoms with Gasteiger partial charge in [0.05, 0.1) is 4.99 Å². The molecule has 0 saturated heterocycles. The lowest BCUT2D eigenvalue weighted by Crippen LogP contribution is -2.43. The van der Waals surface area contributed by atoms with Crippen LogP contribution in [0.4, 0.5) is 0 Å². The van der Waals surface area contributed by atoms with Gasteiger partial charge in [-0.05, 0) is 62.7 Å². The predicted molar refractivity (Wildman–Crippen MR) is 66.9 cm³/mol. The molecular formula is C13H21NS. The van der Waals surface area contributed by atoms with E-state index in [4.69, 9.17) is 12.2 Å². The van der Waals surface area contributed by atoms with Crippen molar-refractivity contribution in [3.8, 4) is 0 Å². The lowest BCUT2D eigenvalue weighted by molar-refractivity contribution is 0.108. The van der Waals surface area contributed by atoms with E-state index >= 15 is 0 Å². The lowest BCUT2D eigenvalue weighted by Gasteiger charge is -2.45. The van der Waals surface area contributed by atoms with Gasteiger partial charge in [-0.2, -0.15) is 0 Å². The summed E-state index contributed by atoms with van der Waals surface area (Å²) in [7, 11) is 2.01. The van der Waals surface area contributed by atoms with E-state index in [0.29, 0.717) is 5.41 Å². The maximum atomic E-state index is 5.59. The van der Waals surface area contributed by atoms with Gasteiger partial charge in [0.2, 0.25) is 0 Å². The molecular weight excluding hydrogens is 202 g/mol. The molecule has 0 aromatic rings. The second-order valence-corrected chi connectivity index (χ2v) is 6.52. The third kappa shape index (κ3) is 1.52. The molecule has 84 valence electrons. The second kappa shape index (κ2) is 3.44. The predicted octanol–water partition coefficient (Wildman–Crippen LogP) is 3.14. The first kappa shape index (κ1) is 10.1. The van der Waals surface area contributed by atoms with Crippen molar-refractivity contribution >= 4 is 17.2 Å². The van der Waals surface area contributed by atoms with Crippen molar-refractivity contribution in [2.45, 2.75) is 44.9 Å². The van der Waals surface area contributed by atoms with Crippen molar-refractivity contribution in [1.82, 2.24) is 5.32 Å². The zero-order chi connectivity index (χ0) is 10.5. The van der Waals surface area contributed by atoms with Gasteiger partial charge in [0.15, 0.2) is 0 Å². The van der Waals surface area contributed by atoms with Gasteiger partial charge in [-0.25, -0.2) is 0 Å². The minimum absolute atomic E-state index is 0.406. The highest BCUT2D eigenvalue weighted by atomic mass is 32.1. The quantitative estimate of drug-likeness (QED) is 0.685. The van der Waals surface area contributed by atoms with Gasteiger partial charge in [0.1, 0.15) is 0 Å². The number of rotatable bonds is 1. The monoisotopic (exact) mass is 223 g/mol. The maximum absolute atomic E-state index is 5.59. The maximum Gasteiger partial charge on any atom is 0.0813 e. The van der Waals surface area contributed by atoms with Gasteiger partial charge in [-0.1, -0.05) is 12.2 Å². The first-order valence-corrected chi connectivity index (χ1v) is 6.85. The van der Waals surface area contributed by atoms with Gasteiger partial charge >= 0.3 is 0 Å². The Kier molecular flexibility index (Phi) is 2.31. The molecule has 0 aromatic carbocycles. The first-order valence-electron chi connectivity index (χ1n) is 6.44. The van der Waals surface area contributed by atoms with E-state index in [9.17, 15) is 0 Å². The van der Waals surface area contributed by atoms with Crippen LogP contribution in [-0.4, -0.2) is 12.0 Å². The van der Waals surface area contributed by atoms with Crippen LogP contribution in [0, 0.1) is 23.2 Å². The van der Waals surface area contributed by atoms with Crippen LogP contribution in [0.2, 0.25) is 0 Å². The Morgan fingerprint density at radius 2 is 1.73 bits per heavy atom. The molecule has 4 fully saturated rings. The molecule has 0 spiro atoms. The van der Waals surface area contributed by atoms with Crippen molar-refractivity contribution in [2.75, 3.05) is 7.05 Å². The Labute approximate surface area is 98.0 Å². The van der Waals surface area contributed by atoms with Crippen molar-refractivity contribution in [3.63, 3.8) is 0 Å². The van der Waals surface area contributed by atoms with Gasteiger partial charge < -0.3 is 5.32 Å². The third-order valence-electron chi connectivity index (χ3n) is 5.10. The normalized spacial score (nSPS) is 47.7. The van der Waals surface area contributed by atoms with Crippen LogP contribution in [0.25, 0.3) is 0 Å². The van der Waals surface area contributed by atoms with Crippen LogP contribution in [0.5, 0.6) is 0 Å². The summed E-state index contributed by atoms with van der Waals surface area (Å²) >= 11 is 5.59. The third-order valence-corrected chi connectivity index (χ3v) is 5.74. The Morgan fingerprint density at radius 3 is 2.33 bits per heavy atom. The molecule has 1 N–H and O–H groups in total. The molecule has 0 amide bonds. The highest BCUT2D eigenvalue weighted by molar-refractivity contribution is 7.80. The molecule has 4 rings (SSSR count). The smallest absolute Gasteiger partial charge is 0.0813 e. The zero-order valence-corrected chi connectivity index (χ0v) is 10.4. The van der Waals surface area contributed by atoms with E-state index in [2.05, 4.69) is 5.32 Å². The highest BCUT2D eigenvalue weighted by Crippen LogP contribution is 2.57. The molecule has 0 radical (unpaired) electrons. The molecule has 2 atom stereocenters. The molecule has 0 aromatic heterocycles. The number of nitrogens with one attached hydrogen (secondary N) is 1. The Morgan fingerprint density at radius 1 is 1.13 bits per heavy atom. The zero-order valence-electron chi connectivity index (χ0n) is 9.59. The van der Waals surface area contributed by atoms with Gasteiger partial charge in [-0.3, -0.25) is 0 Å². The summed E-state index contributed by atoms with van der Waals surface area (Å²) < 4.78 is 0. The van der Waals surface area contributed by atoms with Crippen LogP contribution in [0.3, 0.4) is 0 Å². The second-order valence-electron chi connectivity index (χ2n) is 6.11. The van der Waals surface area contributed by atoms with E-state index in [0.717, 1.165) is 17.8 Å². The summed E-state index contributed by atoms with van der Waals surface area (Å²) in [5, 5.41) is 3.28. The molecule has 2 heteroatoms. The summed E-state index contributed by atoms with van der Waals surface area (Å²) in [6, 6.07) is 0. The molecule has 4 aliphatic carbocycles. The highest BCUT2D eigenvalue weighted by Gasteiger charge is 2.49. The molecule has 0 aliphatic heterocycles. The number of hydrogen-bond donors (Lipinski definition) is 1. The van der Waals surface area contributed by atoms with Crippen LogP contribution >= 0.6 is 12.2 Å².